The zero-order chi connectivity index (χ0) is 12.1. The summed E-state index contributed by atoms with van der Waals surface area (Å²) in [6, 6.07) is 6.22. The number of rotatable bonds is 3. The third-order valence-electron chi connectivity index (χ3n) is 2.04. The van der Waals surface area contributed by atoms with Crippen molar-refractivity contribution in [1.82, 2.24) is 5.01 Å². The van der Waals surface area contributed by atoms with Gasteiger partial charge in [-0.2, -0.15) is 0 Å². The molecule has 0 unspecified atom stereocenters. The van der Waals surface area contributed by atoms with Crippen molar-refractivity contribution < 1.29 is 9.59 Å². The summed E-state index contributed by atoms with van der Waals surface area (Å²) < 4.78 is 0. The molecule has 0 atom stereocenters. The van der Waals surface area contributed by atoms with Crippen molar-refractivity contribution in [3.8, 4) is 0 Å². The van der Waals surface area contributed by atoms with Gasteiger partial charge in [-0.15, -0.1) is 0 Å². The fourth-order valence-electron chi connectivity index (χ4n) is 1.18. The van der Waals surface area contributed by atoms with E-state index in [0.717, 1.165) is 0 Å². The second-order valence-corrected chi connectivity index (χ2v) is 3.76. The molecule has 0 aliphatic rings. The summed E-state index contributed by atoms with van der Waals surface area (Å²) in [4.78, 5) is 23.1. The molecule has 16 heavy (non-hydrogen) atoms. The number of hydrogen-bond acceptors (Lipinski definition) is 3. The predicted octanol–water partition coefficient (Wildman–Crippen LogP) is 1.98. The average molecular weight is 241 g/mol. The van der Waals surface area contributed by atoms with Crippen molar-refractivity contribution in [3.05, 3.63) is 34.9 Å². The molecule has 1 aromatic rings. The van der Waals surface area contributed by atoms with Gasteiger partial charge >= 0.3 is 0 Å². The predicted molar refractivity (Wildman–Crippen MR) is 61.7 cm³/mol. The van der Waals surface area contributed by atoms with Crippen LogP contribution in [0.25, 0.3) is 0 Å². The highest BCUT2D eigenvalue weighted by Gasteiger charge is 2.18. The quantitative estimate of drug-likeness (QED) is 0.499. The normalized spacial score (nSPS) is 9.94. The molecule has 0 saturated carbocycles. The number of hydrazine groups is 1. The second-order valence-electron chi connectivity index (χ2n) is 3.33. The fraction of sp³-hybridized carbons (Fsp3) is 0.273. The van der Waals surface area contributed by atoms with Gasteiger partial charge in [-0.05, 0) is 30.7 Å². The number of benzene rings is 1. The highest BCUT2D eigenvalue weighted by Crippen LogP contribution is 2.11. The van der Waals surface area contributed by atoms with E-state index in [1.165, 1.54) is 12.1 Å². The van der Waals surface area contributed by atoms with Gasteiger partial charge in [0.25, 0.3) is 5.91 Å². The Labute approximate surface area is 99.0 Å². The van der Waals surface area contributed by atoms with Gasteiger partial charge in [-0.3, -0.25) is 9.59 Å². The lowest BCUT2D eigenvalue weighted by Gasteiger charge is -2.14. The molecule has 0 heterocycles. The SMILES string of the molecule is CCCC(=O)N(N)C(=O)c1ccc(Cl)cc1. The van der Waals surface area contributed by atoms with Crippen molar-refractivity contribution in [2.75, 3.05) is 0 Å². The van der Waals surface area contributed by atoms with Crippen molar-refractivity contribution in [2.24, 2.45) is 5.84 Å². The number of carbonyl (C=O) groups excluding carboxylic acids is 2. The van der Waals surface area contributed by atoms with Crippen molar-refractivity contribution in [3.63, 3.8) is 0 Å². The molecule has 0 radical (unpaired) electrons. The molecule has 0 aliphatic carbocycles. The first kappa shape index (κ1) is 12.7. The summed E-state index contributed by atoms with van der Waals surface area (Å²) >= 11 is 5.69. The summed E-state index contributed by atoms with van der Waals surface area (Å²) in [5, 5.41) is 1.17. The monoisotopic (exact) mass is 240 g/mol. The summed E-state index contributed by atoms with van der Waals surface area (Å²) in [5.74, 6) is 4.51. The standard InChI is InChI=1S/C11H13ClN2O2/c1-2-3-10(15)14(13)11(16)8-4-6-9(12)7-5-8/h4-7H,2-3,13H2,1H3. The minimum atomic E-state index is -0.518. The highest BCUT2D eigenvalue weighted by molar-refractivity contribution is 6.30. The van der Waals surface area contributed by atoms with Crippen LogP contribution in [0.5, 0.6) is 0 Å². The van der Waals surface area contributed by atoms with E-state index >= 15 is 0 Å². The van der Waals surface area contributed by atoms with Gasteiger partial charge in [0.2, 0.25) is 5.91 Å². The van der Waals surface area contributed by atoms with E-state index in [9.17, 15) is 9.59 Å². The van der Waals surface area contributed by atoms with E-state index < -0.39 is 5.91 Å². The van der Waals surface area contributed by atoms with Crippen LogP contribution >= 0.6 is 11.6 Å². The Morgan fingerprint density at radius 3 is 2.38 bits per heavy atom. The number of imide groups is 1. The second kappa shape index (κ2) is 5.63. The zero-order valence-electron chi connectivity index (χ0n) is 8.94. The van der Waals surface area contributed by atoms with Crippen LogP contribution in [0.3, 0.4) is 0 Å². The van der Waals surface area contributed by atoms with Crippen LogP contribution in [0.4, 0.5) is 0 Å². The van der Waals surface area contributed by atoms with Crippen LogP contribution in [0.1, 0.15) is 30.1 Å². The molecule has 0 aliphatic heterocycles. The summed E-state index contributed by atoms with van der Waals surface area (Å²) in [5.41, 5.74) is 0.344. The van der Waals surface area contributed by atoms with Gasteiger partial charge in [-0.25, -0.2) is 10.9 Å². The Morgan fingerprint density at radius 1 is 1.31 bits per heavy atom. The topological polar surface area (TPSA) is 63.4 Å². The van der Waals surface area contributed by atoms with E-state index in [2.05, 4.69) is 0 Å². The lowest BCUT2D eigenvalue weighted by molar-refractivity contribution is -0.128. The molecule has 1 rings (SSSR count). The van der Waals surface area contributed by atoms with Crippen LogP contribution in [0, 0.1) is 0 Å². The molecule has 0 bridgehead atoms. The Bertz CT molecular complexity index is 389. The van der Waals surface area contributed by atoms with E-state index in [-0.39, 0.29) is 12.3 Å². The first-order chi connectivity index (χ1) is 7.56. The minimum Gasteiger partial charge on any atom is -0.273 e. The van der Waals surface area contributed by atoms with Gasteiger partial charge in [-0.1, -0.05) is 18.5 Å². The number of carbonyl (C=O) groups is 2. The van der Waals surface area contributed by atoms with Gasteiger partial charge in [0, 0.05) is 17.0 Å². The van der Waals surface area contributed by atoms with E-state index in [1.54, 1.807) is 12.1 Å². The molecular weight excluding hydrogens is 228 g/mol. The van der Waals surface area contributed by atoms with Crippen LogP contribution < -0.4 is 5.84 Å². The molecule has 2 N–H and O–H groups in total. The summed E-state index contributed by atoms with van der Waals surface area (Å²) in [6.07, 6.45) is 0.913. The van der Waals surface area contributed by atoms with Crippen LogP contribution in [-0.4, -0.2) is 16.8 Å². The van der Waals surface area contributed by atoms with Gasteiger partial charge in [0.1, 0.15) is 0 Å². The van der Waals surface area contributed by atoms with Crippen LogP contribution in [-0.2, 0) is 4.79 Å². The minimum absolute atomic E-state index is 0.260. The molecular formula is C11H13ClN2O2. The van der Waals surface area contributed by atoms with E-state index in [0.29, 0.717) is 22.0 Å². The van der Waals surface area contributed by atoms with E-state index in [4.69, 9.17) is 17.4 Å². The molecule has 5 heteroatoms. The highest BCUT2D eigenvalue weighted by atomic mass is 35.5. The Morgan fingerprint density at radius 2 is 1.88 bits per heavy atom. The van der Waals surface area contributed by atoms with Gasteiger partial charge in [0.15, 0.2) is 0 Å². The first-order valence-corrected chi connectivity index (χ1v) is 5.31. The molecule has 1 aromatic carbocycles. The maximum absolute atomic E-state index is 11.7. The lowest BCUT2D eigenvalue weighted by Crippen LogP contribution is -2.42. The van der Waals surface area contributed by atoms with Crippen molar-refractivity contribution in [2.45, 2.75) is 19.8 Å². The average Bonchev–Trinajstić information content (AvgIpc) is 2.28. The molecule has 0 saturated heterocycles. The Hall–Kier alpha value is -1.39. The third kappa shape index (κ3) is 3.05. The number of nitrogens with two attached hydrogens (primary N) is 1. The molecule has 0 aromatic heterocycles. The molecule has 86 valence electrons. The molecule has 0 spiro atoms. The van der Waals surface area contributed by atoms with E-state index in [1.807, 2.05) is 6.92 Å². The summed E-state index contributed by atoms with van der Waals surface area (Å²) in [6.45, 7) is 1.85. The van der Waals surface area contributed by atoms with Gasteiger partial charge in [0.05, 0.1) is 0 Å². The van der Waals surface area contributed by atoms with Crippen LogP contribution in [0.15, 0.2) is 24.3 Å². The maximum atomic E-state index is 11.7. The number of nitrogens with zero attached hydrogens (tertiary/aromatic N) is 1. The maximum Gasteiger partial charge on any atom is 0.274 e. The molecule has 4 nitrogen and oxygen atoms in total. The molecule has 2 amide bonds. The Kier molecular flexibility index (Phi) is 4.46. The molecule has 0 fully saturated rings. The lowest BCUT2D eigenvalue weighted by atomic mass is 10.2. The summed E-state index contributed by atoms with van der Waals surface area (Å²) in [7, 11) is 0. The first-order valence-electron chi connectivity index (χ1n) is 4.93. The van der Waals surface area contributed by atoms with Gasteiger partial charge < -0.3 is 0 Å². The number of amides is 2. The fourth-order valence-corrected chi connectivity index (χ4v) is 1.31. The smallest absolute Gasteiger partial charge is 0.273 e. The number of hydrogen-bond donors (Lipinski definition) is 1. The Balaban J connectivity index is 2.78. The van der Waals surface area contributed by atoms with Crippen molar-refractivity contribution in [1.29, 1.82) is 0 Å². The van der Waals surface area contributed by atoms with Crippen molar-refractivity contribution >= 4 is 23.4 Å². The number of halogens is 1. The third-order valence-corrected chi connectivity index (χ3v) is 2.29. The zero-order valence-corrected chi connectivity index (χ0v) is 9.70. The largest absolute Gasteiger partial charge is 0.274 e. The van der Waals surface area contributed by atoms with Crippen LogP contribution in [0.2, 0.25) is 5.02 Å².